The van der Waals surface area contributed by atoms with Crippen LogP contribution in [0, 0.1) is 12.7 Å². The van der Waals surface area contributed by atoms with E-state index in [4.69, 9.17) is 4.98 Å². The lowest BCUT2D eigenvalue weighted by atomic mass is 10.1. The highest BCUT2D eigenvalue weighted by Crippen LogP contribution is 2.25. The molecule has 1 aliphatic heterocycles. The van der Waals surface area contributed by atoms with Gasteiger partial charge in [-0.2, -0.15) is 10.1 Å². The molecule has 1 aromatic heterocycles. The predicted molar refractivity (Wildman–Crippen MR) is 114 cm³/mol. The molecule has 0 radical (unpaired) electrons. The minimum Gasteiger partial charge on any atom is -0.368 e. The van der Waals surface area contributed by atoms with Gasteiger partial charge in [0.25, 0.3) is 0 Å². The van der Waals surface area contributed by atoms with Gasteiger partial charge in [-0.05, 0) is 48.7 Å². The Labute approximate surface area is 170 Å². The van der Waals surface area contributed by atoms with Crippen LogP contribution in [-0.4, -0.2) is 41.4 Å². The highest BCUT2D eigenvalue weighted by atomic mass is 19.1. The third-order valence-corrected chi connectivity index (χ3v) is 5.32. The molecular formula is C22H25FN6. The van der Waals surface area contributed by atoms with Crippen LogP contribution >= 0.6 is 0 Å². The molecule has 1 aliphatic rings. The third-order valence-electron chi connectivity index (χ3n) is 5.32. The van der Waals surface area contributed by atoms with Crippen molar-refractivity contribution in [2.45, 2.75) is 20.3 Å². The van der Waals surface area contributed by atoms with Crippen molar-refractivity contribution in [1.82, 2.24) is 15.2 Å². The monoisotopic (exact) mass is 392 g/mol. The van der Waals surface area contributed by atoms with E-state index in [1.807, 2.05) is 12.1 Å². The van der Waals surface area contributed by atoms with Crippen molar-refractivity contribution in [3.8, 4) is 0 Å². The van der Waals surface area contributed by atoms with Gasteiger partial charge in [0.1, 0.15) is 5.82 Å². The summed E-state index contributed by atoms with van der Waals surface area (Å²) in [4.78, 5) is 9.15. The molecule has 0 saturated carbocycles. The average molecular weight is 392 g/mol. The summed E-state index contributed by atoms with van der Waals surface area (Å²) in [5, 5.41) is 11.7. The molecule has 0 aliphatic carbocycles. The van der Waals surface area contributed by atoms with Crippen molar-refractivity contribution in [3.63, 3.8) is 0 Å². The topological polar surface area (TPSA) is 57.2 Å². The van der Waals surface area contributed by atoms with Crippen molar-refractivity contribution in [2.75, 3.05) is 41.3 Å². The molecule has 0 bridgehead atoms. The number of anilines is 4. The van der Waals surface area contributed by atoms with Crippen LogP contribution in [0.15, 0.2) is 48.7 Å². The van der Waals surface area contributed by atoms with Gasteiger partial charge >= 0.3 is 0 Å². The molecule has 29 heavy (non-hydrogen) atoms. The SMILES string of the molecule is CCc1cccc(C)c1Nc1nncc(N2CCN(c3ccc(F)cc3)CC2)n1. The van der Waals surface area contributed by atoms with Crippen molar-refractivity contribution >= 4 is 23.1 Å². The largest absolute Gasteiger partial charge is 0.368 e. The van der Waals surface area contributed by atoms with E-state index in [-0.39, 0.29) is 5.82 Å². The zero-order chi connectivity index (χ0) is 20.2. The molecule has 0 unspecified atom stereocenters. The van der Waals surface area contributed by atoms with Gasteiger partial charge in [-0.25, -0.2) is 4.39 Å². The summed E-state index contributed by atoms with van der Waals surface area (Å²) in [5.41, 5.74) is 4.48. The Kier molecular flexibility index (Phi) is 5.55. The first-order chi connectivity index (χ1) is 14.1. The fourth-order valence-corrected chi connectivity index (χ4v) is 3.66. The molecule has 1 fully saturated rings. The number of nitrogens with one attached hydrogen (secondary N) is 1. The molecule has 0 amide bonds. The Hall–Kier alpha value is -3.22. The van der Waals surface area contributed by atoms with E-state index in [0.29, 0.717) is 5.95 Å². The van der Waals surface area contributed by atoms with Crippen molar-refractivity contribution in [3.05, 3.63) is 65.6 Å². The molecule has 1 saturated heterocycles. The summed E-state index contributed by atoms with van der Waals surface area (Å²) in [6, 6.07) is 12.9. The normalized spacial score (nSPS) is 14.2. The predicted octanol–water partition coefficient (Wildman–Crippen LogP) is 3.95. The lowest BCUT2D eigenvalue weighted by molar-refractivity contribution is 0.624. The van der Waals surface area contributed by atoms with Crippen LogP contribution in [0.3, 0.4) is 0 Å². The number of para-hydroxylation sites is 1. The number of hydrogen-bond donors (Lipinski definition) is 1. The highest BCUT2D eigenvalue weighted by molar-refractivity contribution is 5.63. The molecule has 3 aromatic rings. The average Bonchev–Trinajstić information content (AvgIpc) is 2.76. The van der Waals surface area contributed by atoms with Crippen LogP contribution in [0.25, 0.3) is 0 Å². The van der Waals surface area contributed by atoms with Gasteiger partial charge < -0.3 is 15.1 Å². The van der Waals surface area contributed by atoms with Gasteiger partial charge in [0.15, 0.2) is 5.82 Å². The zero-order valence-electron chi connectivity index (χ0n) is 16.8. The fraction of sp³-hybridized carbons (Fsp3) is 0.318. The molecule has 2 heterocycles. The van der Waals surface area contributed by atoms with Gasteiger partial charge in [-0.15, -0.1) is 5.10 Å². The summed E-state index contributed by atoms with van der Waals surface area (Å²) in [7, 11) is 0. The van der Waals surface area contributed by atoms with Gasteiger partial charge in [0.2, 0.25) is 5.95 Å². The first-order valence-corrected chi connectivity index (χ1v) is 9.94. The Morgan fingerprint density at radius 2 is 1.72 bits per heavy atom. The maximum atomic E-state index is 13.2. The summed E-state index contributed by atoms with van der Waals surface area (Å²) in [6.45, 7) is 7.54. The second-order valence-electron chi connectivity index (χ2n) is 7.18. The minimum atomic E-state index is -0.209. The molecule has 2 aromatic carbocycles. The lowest BCUT2D eigenvalue weighted by Crippen LogP contribution is -2.46. The first kappa shape index (κ1) is 19.1. The minimum absolute atomic E-state index is 0.209. The number of hydrogen-bond acceptors (Lipinski definition) is 6. The Balaban J connectivity index is 1.45. The molecular weight excluding hydrogens is 367 g/mol. The molecule has 6 nitrogen and oxygen atoms in total. The smallest absolute Gasteiger partial charge is 0.249 e. The van der Waals surface area contributed by atoms with E-state index in [9.17, 15) is 4.39 Å². The summed E-state index contributed by atoms with van der Waals surface area (Å²) >= 11 is 0. The second kappa shape index (κ2) is 8.43. The van der Waals surface area contributed by atoms with Gasteiger partial charge in [0, 0.05) is 37.6 Å². The zero-order valence-corrected chi connectivity index (χ0v) is 16.8. The number of halogens is 1. The molecule has 1 N–H and O–H groups in total. The summed E-state index contributed by atoms with van der Waals surface area (Å²) in [5.74, 6) is 1.11. The maximum absolute atomic E-state index is 13.2. The van der Waals surface area contributed by atoms with Crippen molar-refractivity contribution in [1.29, 1.82) is 0 Å². The second-order valence-corrected chi connectivity index (χ2v) is 7.18. The van der Waals surface area contributed by atoms with E-state index in [1.165, 1.54) is 17.7 Å². The molecule has 0 spiro atoms. The van der Waals surface area contributed by atoms with Crippen LogP contribution < -0.4 is 15.1 Å². The first-order valence-electron chi connectivity index (χ1n) is 9.94. The summed E-state index contributed by atoms with van der Waals surface area (Å²) in [6.07, 6.45) is 2.64. The highest BCUT2D eigenvalue weighted by Gasteiger charge is 2.19. The van der Waals surface area contributed by atoms with E-state index in [2.05, 4.69) is 57.4 Å². The Morgan fingerprint density at radius 1 is 1.00 bits per heavy atom. The number of nitrogens with zero attached hydrogens (tertiary/aromatic N) is 5. The quantitative estimate of drug-likeness (QED) is 0.710. The van der Waals surface area contributed by atoms with Crippen molar-refractivity contribution < 1.29 is 4.39 Å². The molecule has 0 atom stereocenters. The van der Waals surface area contributed by atoms with Crippen LogP contribution in [0.5, 0.6) is 0 Å². The standard InChI is InChI=1S/C22H25FN6/c1-3-17-6-4-5-16(2)21(17)26-22-25-20(15-24-27-22)29-13-11-28(12-14-29)19-9-7-18(23)8-10-19/h4-10,15H,3,11-14H2,1-2H3,(H,25,26,27). The number of rotatable bonds is 5. The van der Waals surface area contributed by atoms with E-state index in [0.717, 1.165) is 55.4 Å². The van der Waals surface area contributed by atoms with Gasteiger partial charge in [-0.1, -0.05) is 25.1 Å². The fourth-order valence-electron chi connectivity index (χ4n) is 3.66. The Bertz CT molecular complexity index is 967. The van der Waals surface area contributed by atoms with Gasteiger partial charge in [-0.3, -0.25) is 0 Å². The lowest BCUT2D eigenvalue weighted by Gasteiger charge is -2.36. The van der Waals surface area contributed by atoms with Gasteiger partial charge in [0.05, 0.1) is 6.20 Å². The van der Waals surface area contributed by atoms with Crippen LogP contribution in [0.1, 0.15) is 18.1 Å². The molecule has 150 valence electrons. The van der Waals surface area contributed by atoms with Crippen molar-refractivity contribution in [2.24, 2.45) is 0 Å². The number of benzene rings is 2. The van der Waals surface area contributed by atoms with Crippen LogP contribution in [-0.2, 0) is 6.42 Å². The molecule has 7 heteroatoms. The van der Waals surface area contributed by atoms with E-state index < -0.39 is 0 Å². The third kappa shape index (κ3) is 4.29. The Morgan fingerprint density at radius 3 is 2.45 bits per heavy atom. The number of piperazine rings is 1. The number of aromatic nitrogens is 3. The molecule has 4 rings (SSSR count). The maximum Gasteiger partial charge on any atom is 0.249 e. The number of aryl methyl sites for hydroxylation is 2. The van der Waals surface area contributed by atoms with Crippen LogP contribution in [0.4, 0.5) is 27.5 Å². The van der Waals surface area contributed by atoms with E-state index >= 15 is 0 Å². The van der Waals surface area contributed by atoms with E-state index in [1.54, 1.807) is 6.20 Å². The van der Waals surface area contributed by atoms with Crippen LogP contribution in [0.2, 0.25) is 0 Å². The summed E-state index contributed by atoms with van der Waals surface area (Å²) < 4.78 is 13.2.